The Morgan fingerprint density at radius 3 is 2.39 bits per heavy atom. The van der Waals surface area contributed by atoms with E-state index in [4.69, 9.17) is 9.47 Å². The minimum Gasteiger partial charge on any atom is -0.474 e. The van der Waals surface area contributed by atoms with E-state index >= 15 is 0 Å². The number of benzene rings is 2. The van der Waals surface area contributed by atoms with E-state index in [2.05, 4.69) is 61.0 Å². The second-order valence-electron chi connectivity index (χ2n) is 15.7. The van der Waals surface area contributed by atoms with Gasteiger partial charge in [-0.25, -0.2) is 4.98 Å². The Bertz CT molecular complexity index is 2340. The number of piperidine rings is 1. The van der Waals surface area contributed by atoms with Crippen molar-refractivity contribution in [2.24, 2.45) is 7.05 Å². The van der Waals surface area contributed by atoms with Gasteiger partial charge in [-0.3, -0.25) is 39.3 Å². The van der Waals surface area contributed by atoms with E-state index in [0.29, 0.717) is 17.0 Å². The number of nitrogens with one attached hydrogen (secondary N) is 1. The van der Waals surface area contributed by atoms with Crippen LogP contribution in [0, 0.1) is 0 Å². The molecule has 2 aromatic carbocycles. The van der Waals surface area contributed by atoms with Gasteiger partial charge in [-0.2, -0.15) is 0 Å². The average Bonchev–Trinajstić information content (AvgIpc) is 3.64. The first-order chi connectivity index (χ1) is 27.8. The molecule has 5 aromatic rings. The van der Waals surface area contributed by atoms with Crippen molar-refractivity contribution in [1.29, 1.82) is 0 Å². The molecule has 3 aromatic heterocycles. The molecule has 0 spiro atoms. The van der Waals surface area contributed by atoms with Gasteiger partial charge in [-0.15, -0.1) is 0 Å². The Kier molecular flexibility index (Phi) is 10.2. The highest BCUT2D eigenvalue weighted by atomic mass is 16.5. The van der Waals surface area contributed by atoms with Crippen molar-refractivity contribution in [2.45, 2.75) is 69.6 Å². The molecule has 1 N–H and O–H groups in total. The van der Waals surface area contributed by atoms with Gasteiger partial charge in [-0.05, 0) is 67.8 Å². The summed E-state index contributed by atoms with van der Waals surface area (Å²) in [6.07, 6.45) is 12.6. The van der Waals surface area contributed by atoms with Gasteiger partial charge < -0.3 is 18.9 Å². The molecule has 0 bridgehead atoms. The summed E-state index contributed by atoms with van der Waals surface area (Å²) in [5.41, 5.74) is 6.05. The molecule has 4 amide bonds. The number of carbonyl (C=O) groups is 4. The number of carbonyl (C=O) groups excluding carboxylic acids is 4. The molecule has 13 nitrogen and oxygen atoms in total. The summed E-state index contributed by atoms with van der Waals surface area (Å²) < 4.78 is 14.5. The normalized spacial score (nSPS) is 21.3. The number of rotatable bonds is 13. The van der Waals surface area contributed by atoms with Crippen LogP contribution in [0.4, 0.5) is 5.69 Å². The number of nitrogens with zero attached hydrogens (tertiary/aromatic N) is 6. The third-order valence-corrected chi connectivity index (χ3v) is 12.1. The number of aromatic nitrogens is 3. The van der Waals surface area contributed by atoms with Crippen LogP contribution in [0.25, 0.3) is 32.9 Å². The van der Waals surface area contributed by atoms with Crippen LogP contribution in [-0.4, -0.2) is 106 Å². The number of piperazine rings is 1. The van der Waals surface area contributed by atoms with Gasteiger partial charge in [-0.1, -0.05) is 25.0 Å². The fourth-order valence-electron chi connectivity index (χ4n) is 8.70. The number of hydrogen-bond acceptors (Lipinski definition) is 10. The fourth-order valence-corrected chi connectivity index (χ4v) is 8.70. The molecular weight excluding hydrogens is 723 g/mol. The summed E-state index contributed by atoms with van der Waals surface area (Å²) in [6, 6.07) is 17.0. The number of imide groups is 2. The van der Waals surface area contributed by atoms with Crippen molar-refractivity contribution < 1.29 is 28.7 Å². The molecule has 294 valence electrons. The second kappa shape index (κ2) is 15.7. The number of unbranched alkanes of at least 4 members (excludes halogenated alkanes) is 3. The Morgan fingerprint density at radius 2 is 1.58 bits per heavy atom. The quantitative estimate of drug-likeness (QED) is 0.121. The second-order valence-corrected chi connectivity index (χ2v) is 15.7. The molecule has 1 saturated carbocycles. The monoisotopic (exact) mass is 769 g/mol. The number of fused-ring (bicyclic) bond motifs is 4. The van der Waals surface area contributed by atoms with E-state index < -0.39 is 23.8 Å². The van der Waals surface area contributed by atoms with E-state index in [1.165, 1.54) is 22.8 Å². The van der Waals surface area contributed by atoms with Crippen molar-refractivity contribution in [3.63, 3.8) is 0 Å². The van der Waals surface area contributed by atoms with Gasteiger partial charge in [0.05, 0.1) is 22.7 Å². The summed E-state index contributed by atoms with van der Waals surface area (Å²) in [4.78, 5) is 64.9. The minimum absolute atomic E-state index is 0.104. The van der Waals surface area contributed by atoms with Crippen molar-refractivity contribution in [3.8, 4) is 17.0 Å². The standard InChI is InChI=1S/C44H47N7O6/c1-48-37-14-15-45-27-36(37)33-9-6-28(22-39(33)48)29-7-13-41(46-26-29)57-32-24-31(25-32)56-21-5-3-2-4-16-49-17-19-50(20-18-49)30-8-10-34-35(23-30)44(55)51(43(34)54)38-11-12-40(52)47-42(38)53/h6-10,13-15,22-23,26-27,31-32,38H,2-5,11-12,16-21,24-25H2,1H3,(H,47,52,53). The molecule has 3 fully saturated rings. The third-order valence-electron chi connectivity index (χ3n) is 12.1. The van der Waals surface area contributed by atoms with Gasteiger partial charge in [0.2, 0.25) is 17.7 Å². The molecule has 1 aliphatic carbocycles. The predicted octanol–water partition coefficient (Wildman–Crippen LogP) is 5.50. The zero-order chi connectivity index (χ0) is 39.0. The molecule has 2 saturated heterocycles. The molecule has 13 heteroatoms. The van der Waals surface area contributed by atoms with Crippen LogP contribution in [0.3, 0.4) is 0 Å². The van der Waals surface area contributed by atoms with Crippen molar-refractivity contribution in [3.05, 3.63) is 84.3 Å². The molecule has 57 heavy (non-hydrogen) atoms. The minimum atomic E-state index is -0.955. The first-order valence-corrected chi connectivity index (χ1v) is 20.2. The Balaban J connectivity index is 0.643. The lowest BCUT2D eigenvalue weighted by molar-refractivity contribution is -0.136. The molecule has 0 radical (unpaired) electrons. The lowest BCUT2D eigenvalue weighted by Crippen LogP contribution is -2.54. The molecule has 1 atom stereocenters. The number of anilines is 1. The van der Waals surface area contributed by atoms with Crippen molar-refractivity contribution in [1.82, 2.24) is 29.7 Å². The number of ether oxygens (including phenoxy) is 2. The fraction of sp³-hybridized carbons (Fsp3) is 0.409. The van der Waals surface area contributed by atoms with Crippen LogP contribution in [-0.2, 0) is 21.4 Å². The van der Waals surface area contributed by atoms with Gasteiger partial charge in [0.25, 0.3) is 11.8 Å². The smallest absolute Gasteiger partial charge is 0.262 e. The average molecular weight is 770 g/mol. The van der Waals surface area contributed by atoms with Gasteiger partial charge in [0.1, 0.15) is 12.1 Å². The zero-order valence-corrected chi connectivity index (χ0v) is 32.2. The first kappa shape index (κ1) is 36.9. The Labute approximate surface area is 330 Å². The maximum absolute atomic E-state index is 13.2. The third kappa shape index (κ3) is 7.37. The van der Waals surface area contributed by atoms with Gasteiger partial charge >= 0.3 is 0 Å². The topological polar surface area (TPSA) is 139 Å². The Morgan fingerprint density at radius 1 is 0.772 bits per heavy atom. The van der Waals surface area contributed by atoms with E-state index in [0.717, 1.165) is 98.5 Å². The highest BCUT2D eigenvalue weighted by Crippen LogP contribution is 2.34. The molecule has 6 heterocycles. The van der Waals surface area contributed by atoms with Crippen LogP contribution in [0.15, 0.2) is 73.2 Å². The maximum atomic E-state index is 13.2. The molecule has 3 aliphatic heterocycles. The van der Waals surface area contributed by atoms with Crippen LogP contribution in [0.5, 0.6) is 5.88 Å². The van der Waals surface area contributed by atoms with Crippen molar-refractivity contribution >= 4 is 51.1 Å². The predicted molar refractivity (Wildman–Crippen MR) is 215 cm³/mol. The lowest BCUT2D eigenvalue weighted by atomic mass is 9.92. The number of amides is 4. The molecule has 4 aliphatic rings. The number of hydrogen-bond donors (Lipinski definition) is 1. The largest absolute Gasteiger partial charge is 0.474 e. The molecular formula is C44H47N7O6. The summed E-state index contributed by atoms with van der Waals surface area (Å²) >= 11 is 0. The van der Waals surface area contributed by atoms with Gasteiger partial charge in [0.15, 0.2) is 0 Å². The van der Waals surface area contributed by atoms with E-state index in [1.54, 1.807) is 12.1 Å². The summed E-state index contributed by atoms with van der Waals surface area (Å²) in [7, 11) is 2.09. The highest BCUT2D eigenvalue weighted by Gasteiger charge is 2.45. The Hall–Kier alpha value is -5.66. The van der Waals surface area contributed by atoms with E-state index in [1.807, 2.05) is 36.8 Å². The summed E-state index contributed by atoms with van der Waals surface area (Å²) in [5, 5.41) is 4.60. The van der Waals surface area contributed by atoms with Crippen LogP contribution >= 0.6 is 0 Å². The number of aryl methyl sites for hydroxylation is 1. The molecule has 1 unspecified atom stereocenters. The maximum Gasteiger partial charge on any atom is 0.262 e. The lowest BCUT2D eigenvalue weighted by Gasteiger charge is -2.36. The van der Waals surface area contributed by atoms with Crippen molar-refractivity contribution in [2.75, 3.05) is 44.2 Å². The van der Waals surface area contributed by atoms with Gasteiger partial charge in [0, 0.05) is 111 Å². The van der Waals surface area contributed by atoms with Crippen LogP contribution in [0.2, 0.25) is 0 Å². The van der Waals surface area contributed by atoms with Crippen LogP contribution in [0.1, 0.15) is 72.1 Å². The summed E-state index contributed by atoms with van der Waals surface area (Å²) in [6.45, 7) is 5.36. The SMILES string of the molecule is Cn1c2ccncc2c2ccc(-c3ccc(OC4CC(OCCCCCCN5CCN(c6ccc7c(c6)C(=O)N(C6CCC(=O)NC6=O)C7=O)CC5)C4)nc3)cc21. The zero-order valence-electron chi connectivity index (χ0n) is 32.2. The summed E-state index contributed by atoms with van der Waals surface area (Å²) in [5.74, 6) is -1.27. The van der Waals surface area contributed by atoms with E-state index in [-0.39, 0.29) is 31.0 Å². The number of pyridine rings is 2. The molecule has 9 rings (SSSR count). The van der Waals surface area contributed by atoms with Crippen LogP contribution < -0.4 is 15.0 Å². The van der Waals surface area contributed by atoms with E-state index in [9.17, 15) is 19.2 Å². The first-order valence-electron chi connectivity index (χ1n) is 20.2. The highest BCUT2D eigenvalue weighted by molar-refractivity contribution is 6.23.